The molecule has 0 spiro atoms. The summed E-state index contributed by atoms with van der Waals surface area (Å²) < 4.78 is 5.52. The maximum absolute atomic E-state index is 11.9. The number of carboxylic acid groups (broad SMARTS) is 1. The van der Waals surface area contributed by atoms with Gasteiger partial charge in [0.05, 0.1) is 24.5 Å². The largest absolute Gasteiger partial charge is 0.477 e. The number of fused-ring (bicyclic) bond motifs is 2. The van der Waals surface area contributed by atoms with Crippen molar-refractivity contribution in [3.05, 3.63) is 79.7 Å². The Bertz CT molecular complexity index is 1430. The minimum atomic E-state index is -0.989. The number of aliphatic carboxylic acids is 1. The molecule has 4 aliphatic carbocycles. The molecular weight excluding hydrogens is 362 g/mol. The molecule has 4 nitrogen and oxygen atoms in total. The van der Waals surface area contributed by atoms with E-state index in [0.717, 1.165) is 57.1 Å². The smallest absolute Gasteiger partial charge is 0.344 e. The molecule has 1 aliphatic heterocycles. The van der Waals surface area contributed by atoms with Gasteiger partial charge in [-0.1, -0.05) is 35.8 Å². The third-order valence-corrected chi connectivity index (χ3v) is 5.77. The number of carboxylic acids is 1. The molecule has 138 valence electrons. The first kappa shape index (κ1) is 16.2. The molecule has 1 fully saturated rings. The molecule has 0 atom stereocenters. The van der Waals surface area contributed by atoms with Crippen LogP contribution in [0.2, 0.25) is 0 Å². The average Bonchev–Trinajstić information content (AvgIpc) is 3.11. The first-order chi connectivity index (χ1) is 14.2. The van der Waals surface area contributed by atoms with E-state index in [1.165, 1.54) is 0 Å². The van der Waals surface area contributed by atoms with Crippen LogP contribution in [0.25, 0.3) is 34.8 Å². The normalized spacial score (nSPS) is 19.2. The zero-order valence-corrected chi connectivity index (χ0v) is 15.5. The fraction of sp³-hybridized carbons (Fsp3) is 0.160. The Morgan fingerprint density at radius 2 is 1.55 bits per heavy atom. The van der Waals surface area contributed by atoms with Crippen molar-refractivity contribution in [1.82, 2.24) is 4.90 Å². The van der Waals surface area contributed by atoms with Gasteiger partial charge in [-0.2, -0.15) is 0 Å². The monoisotopic (exact) mass is 377 g/mol. The minimum Gasteiger partial charge on any atom is -0.477 e. The van der Waals surface area contributed by atoms with E-state index in [4.69, 9.17) is 4.74 Å². The zero-order valence-electron chi connectivity index (χ0n) is 15.5. The van der Waals surface area contributed by atoms with Crippen LogP contribution in [0.1, 0.15) is 22.3 Å². The molecule has 0 amide bonds. The first-order valence-corrected chi connectivity index (χ1v) is 9.60. The quantitative estimate of drug-likeness (QED) is 0.799. The van der Waals surface area contributed by atoms with Gasteiger partial charge in [-0.15, -0.1) is 11.5 Å². The average molecular weight is 377 g/mol. The summed E-state index contributed by atoms with van der Waals surface area (Å²) in [6.45, 7) is 3.03. The van der Waals surface area contributed by atoms with E-state index in [0.29, 0.717) is 18.8 Å². The van der Waals surface area contributed by atoms with Gasteiger partial charge < -0.3 is 14.7 Å². The SMILES string of the molecule is O=C(O)C1=C=c2c3c4c(c5c2C1=C=CC=C5)=C=C(N1CCOCC1)C4=C=CC=C3. The topological polar surface area (TPSA) is 49.8 Å². The lowest BCUT2D eigenvalue weighted by Gasteiger charge is -2.29. The molecule has 1 heterocycles. The van der Waals surface area contributed by atoms with Crippen LogP contribution >= 0.6 is 0 Å². The van der Waals surface area contributed by atoms with Gasteiger partial charge in [0.2, 0.25) is 0 Å². The maximum Gasteiger partial charge on any atom is 0.344 e. The van der Waals surface area contributed by atoms with Crippen LogP contribution in [0.15, 0.2) is 47.0 Å². The lowest BCUT2D eigenvalue weighted by atomic mass is 9.89. The molecule has 0 saturated carbocycles. The van der Waals surface area contributed by atoms with Gasteiger partial charge in [0, 0.05) is 40.2 Å². The zero-order chi connectivity index (χ0) is 19.5. The lowest BCUT2D eigenvalue weighted by Crippen LogP contribution is -2.35. The number of morpholine rings is 1. The van der Waals surface area contributed by atoms with E-state index in [-0.39, 0.29) is 5.57 Å². The number of hydrogen-bond acceptors (Lipinski definition) is 3. The summed E-state index contributed by atoms with van der Waals surface area (Å²) in [5.74, 6) is -0.989. The number of benzene rings is 1. The van der Waals surface area contributed by atoms with Crippen molar-refractivity contribution in [1.29, 1.82) is 0 Å². The number of allylic oxidation sites excluding steroid dienone is 3. The van der Waals surface area contributed by atoms with Gasteiger partial charge in [-0.3, -0.25) is 0 Å². The van der Waals surface area contributed by atoms with E-state index in [1.807, 2.05) is 30.4 Å². The van der Waals surface area contributed by atoms with E-state index < -0.39 is 5.97 Å². The van der Waals surface area contributed by atoms with E-state index >= 15 is 0 Å². The molecule has 1 N–H and O–H groups in total. The van der Waals surface area contributed by atoms with Crippen molar-refractivity contribution in [3.63, 3.8) is 0 Å². The third kappa shape index (κ3) is 2.18. The highest BCUT2D eigenvalue weighted by Crippen LogP contribution is 2.35. The van der Waals surface area contributed by atoms with Crippen LogP contribution < -0.4 is 10.4 Å². The molecule has 4 heteroatoms. The van der Waals surface area contributed by atoms with Gasteiger partial charge in [-0.25, -0.2) is 4.79 Å². The summed E-state index contributed by atoms with van der Waals surface area (Å²) in [5, 5.41) is 11.5. The van der Waals surface area contributed by atoms with Gasteiger partial charge in [0.1, 0.15) is 5.57 Å². The Labute approximate surface area is 166 Å². The Hall–Kier alpha value is -3.73. The van der Waals surface area contributed by atoms with Crippen molar-refractivity contribution in [3.8, 4) is 0 Å². The van der Waals surface area contributed by atoms with Crippen LogP contribution in [0.5, 0.6) is 0 Å². The van der Waals surface area contributed by atoms with Gasteiger partial charge >= 0.3 is 5.97 Å². The number of ether oxygens (including phenoxy) is 1. The summed E-state index contributed by atoms with van der Waals surface area (Å²) in [6, 6.07) is 0. The highest BCUT2D eigenvalue weighted by Gasteiger charge is 2.32. The molecule has 0 aromatic heterocycles. The van der Waals surface area contributed by atoms with Crippen molar-refractivity contribution >= 4 is 40.7 Å². The Morgan fingerprint density at radius 3 is 2.24 bits per heavy atom. The highest BCUT2D eigenvalue weighted by atomic mass is 16.5. The van der Waals surface area contributed by atoms with Crippen LogP contribution in [-0.4, -0.2) is 42.3 Å². The second-order valence-electron chi connectivity index (χ2n) is 7.30. The summed E-state index contributed by atoms with van der Waals surface area (Å²) >= 11 is 0. The summed E-state index contributed by atoms with van der Waals surface area (Å²) in [5.41, 5.74) is 20.0. The number of nitrogens with zero attached hydrogens (tertiary/aromatic N) is 1. The Kier molecular flexibility index (Phi) is 3.29. The standard InChI is InChI=1S/C25H15NO3/c27-25(28)21-13-19-15-5-3-4-8-18-22(26-9-11-29-12-10-26)14-20(24(15)18)16-6-1-2-7-17(21)23(16)19/h1-6H,9-12H2,(H,27,28). The van der Waals surface area contributed by atoms with Crippen molar-refractivity contribution < 1.29 is 14.6 Å². The molecule has 1 aromatic carbocycles. The third-order valence-electron chi connectivity index (χ3n) is 5.77. The van der Waals surface area contributed by atoms with Crippen molar-refractivity contribution in [2.75, 3.05) is 26.3 Å². The molecule has 0 radical (unpaired) electrons. The summed E-state index contributed by atoms with van der Waals surface area (Å²) in [7, 11) is 0. The van der Waals surface area contributed by atoms with Crippen molar-refractivity contribution in [2.45, 2.75) is 0 Å². The van der Waals surface area contributed by atoms with Gasteiger partial charge in [0.15, 0.2) is 0 Å². The molecule has 0 unspecified atom stereocenters. The van der Waals surface area contributed by atoms with Gasteiger partial charge in [0.25, 0.3) is 0 Å². The van der Waals surface area contributed by atoms with Crippen LogP contribution in [0.4, 0.5) is 0 Å². The highest BCUT2D eigenvalue weighted by molar-refractivity contribution is 6.12. The summed E-state index contributed by atoms with van der Waals surface area (Å²) in [6.07, 6.45) is 11.6. The predicted molar refractivity (Wildman–Crippen MR) is 111 cm³/mol. The Balaban J connectivity index is 1.79. The molecule has 1 aromatic rings. The fourth-order valence-electron chi connectivity index (χ4n) is 4.53. The van der Waals surface area contributed by atoms with Gasteiger partial charge in [-0.05, 0) is 23.3 Å². The van der Waals surface area contributed by atoms with E-state index in [1.54, 1.807) is 6.08 Å². The second-order valence-corrected chi connectivity index (χ2v) is 7.30. The Morgan fingerprint density at radius 1 is 0.931 bits per heavy atom. The molecule has 5 aliphatic rings. The van der Waals surface area contributed by atoms with Crippen LogP contribution in [-0.2, 0) is 9.53 Å². The number of carbonyl (C=O) groups is 1. The second kappa shape index (κ2) is 5.88. The molecule has 6 rings (SSSR count). The molecule has 1 saturated heterocycles. The van der Waals surface area contributed by atoms with Crippen molar-refractivity contribution in [2.24, 2.45) is 0 Å². The van der Waals surface area contributed by atoms with Crippen LogP contribution in [0.3, 0.4) is 0 Å². The van der Waals surface area contributed by atoms with Crippen LogP contribution in [0, 0.1) is 0 Å². The number of hydrogen-bond donors (Lipinski definition) is 1. The molecule has 0 bridgehead atoms. The maximum atomic E-state index is 11.9. The lowest BCUT2D eigenvalue weighted by molar-refractivity contribution is -0.132. The minimum absolute atomic E-state index is 0.162. The first-order valence-electron chi connectivity index (χ1n) is 9.60. The summed E-state index contributed by atoms with van der Waals surface area (Å²) in [4.78, 5) is 14.2. The predicted octanol–water partition coefficient (Wildman–Crippen LogP) is 1.83. The number of rotatable bonds is 2. The fourth-order valence-corrected chi connectivity index (χ4v) is 4.53. The van der Waals surface area contributed by atoms with E-state index in [2.05, 4.69) is 27.8 Å². The van der Waals surface area contributed by atoms with E-state index in [9.17, 15) is 9.90 Å². The molecular formula is C25H15NO3. The molecule has 29 heavy (non-hydrogen) atoms.